The molecule has 0 bridgehead atoms. The molecule has 1 atom stereocenters. The lowest BCUT2D eigenvalue weighted by Gasteiger charge is -2.43. The lowest BCUT2D eigenvalue weighted by molar-refractivity contribution is -0.167. The van der Waals surface area contributed by atoms with Gasteiger partial charge in [0.15, 0.2) is 0 Å². The zero-order valence-electron chi connectivity index (χ0n) is 19.9. The fraction of sp³-hybridized carbons (Fsp3) is 0.680. The molecule has 0 saturated carbocycles. The molecule has 178 valence electrons. The lowest BCUT2D eigenvalue weighted by Crippen LogP contribution is -2.58. The molecule has 2 aliphatic heterocycles. The summed E-state index contributed by atoms with van der Waals surface area (Å²) in [5.41, 5.74) is -0.0403. The highest BCUT2D eigenvalue weighted by Gasteiger charge is 2.42. The van der Waals surface area contributed by atoms with Gasteiger partial charge >= 0.3 is 0 Å². The number of likely N-dealkylation sites (tertiary alicyclic amines) is 1. The average molecular weight is 465 g/mol. The predicted molar refractivity (Wildman–Crippen MR) is 126 cm³/mol. The zero-order valence-corrected chi connectivity index (χ0v) is 20.7. The number of morpholine rings is 1. The second-order valence-corrected chi connectivity index (χ2v) is 10.8. The summed E-state index contributed by atoms with van der Waals surface area (Å²) in [6, 6.07) is 5.51. The fourth-order valence-corrected chi connectivity index (χ4v) is 4.44. The van der Waals surface area contributed by atoms with Crippen molar-refractivity contribution >= 4 is 23.4 Å². The molecule has 0 N–H and O–H groups in total. The van der Waals surface area contributed by atoms with E-state index in [-0.39, 0.29) is 30.3 Å². The van der Waals surface area contributed by atoms with Crippen LogP contribution < -0.4 is 4.74 Å². The van der Waals surface area contributed by atoms with Crippen LogP contribution in [0.5, 0.6) is 5.75 Å². The Morgan fingerprint density at radius 1 is 1.09 bits per heavy atom. The van der Waals surface area contributed by atoms with Gasteiger partial charge in [0.2, 0.25) is 11.8 Å². The molecule has 1 aromatic rings. The summed E-state index contributed by atoms with van der Waals surface area (Å²) in [5.74, 6) is 0.849. The third-order valence-electron chi connectivity index (χ3n) is 6.10. The quantitative estimate of drug-likeness (QED) is 0.623. The van der Waals surface area contributed by atoms with Crippen LogP contribution in [0.4, 0.5) is 0 Å². The molecule has 2 saturated heterocycles. The van der Waals surface area contributed by atoms with Crippen molar-refractivity contribution in [1.29, 1.82) is 0 Å². The fourth-order valence-electron chi connectivity index (χ4n) is 4.32. The maximum Gasteiger partial charge on any atom is 0.225 e. The van der Waals surface area contributed by atoms with Gasteiger partial charge in [-0.2, -0.15) is 0 Å². The van der Waals surface area contributed by atoms with Gasteiger partial charge in [-0.3, -0.25) is 9.59 Å². The number of hydrogen-bond acceptors (Lipinski definition) is 4. The van der Waals surface area contributed by atoms with Crippen molar-refractivity contribution in [1.82, 2.24) is 9.80 Å². The monoisotopic (exact) mass is 464 g/mol. The molecule has 0 aliphatic carbocycles. The van der Waals surface area contributed by atoms with E-state index >= 15 is 0 Å². The van der Waals surface area contributed by atoms with Gasteiger partial charge in [0.05, 0.1) is 19.6 Å². The van der Waals surface area contributed by atoms with Crippen LogP contribution in [0.25, 0.3) is 0 Å². The first kappa shape index (κ1) is 24.8. The van der Waals surface area contributed by atoms with E-state index in [0.717, 1.165) is 31.5 Å². The van der Waals surface area contributed by atoms with Crippen LogP contribution in [0.15, 0.2) is 18.2 Å². The molecule has 3 rings (SSSR count). The molecular weight excluding hydrogens is 428 g/mol. The van der Waals surface area contributed by atoms with Gasteiger partial charge in [-0.25, -0.2) is 0 Å². The van der Waals surface area contributed by atoms with Crippen LogP contribution >= 0.6 is 11.6 Å². The Bertz CT molecular complexity index is 817. The molecule has 0 spiro atoms. The third-order valence-corrected chi connectivity index (χ3v) is 6.52. The highest BCUT2D eigenvalue weighted by molar-refractivity contribution is 6.31. The number of carbonyl (C=O) groups is 2. The number of rotatable bonds is 6. The van der Waals surface area contributed by atoms with E-state index in [1.807, 2.05) is 28.9 Å². The van der Waals surface area contributed by atoms with Crippen LogP contribution in [-0.4, -0.2) is 66.6 Å². The Balaban J connectivity index is 1.76. The Morgan fingerprint density at radius 3 is 2.47 bits per heavy atom. The van der Waals surface area contributed by atoms with E-state index in [2.05, 4.69) is 20.8 Å². The maximum absolute atomic E-state index is 13.2. The van der Waals surface area contributed by atoms with Crippen molar-refractivity contribution in [3.63, 3.8) is 0 Å². The first-order valence-electron chi connectivity index (χ1n) is 11.7. The molecule has 6 nitrogen and oxygen atoms in total. The van der Waals surface area contributed by atoms with E-state index in [1.54, 1.807) is 6.07 Å². The van der Waals surface area contributed by atoms with Crippen LogP contribution in [-0.2, 0) is 14.3 Å². The Hall–Kier alpha value is -1.79. The molecule has 2 amide bonds. The van der Waals surface area contributed by atoms with Crippen molar-refractivity contribution in [2.75, 3.05) is 39.4 Å². The normalized spacial score (nSPS) is 22.0. The number of ether oxygens (including phenoxy) is 2. The molecule has 0 radical (unpaired) electrons. The second-order valence-electron chi connectivity index (χ2n) is 10.4. The Morgan fingerprint density at radius 2 is 1.81 bits per heavy atom. The summed E-state index contributed by atoms with van der Waals surface area (Å²) in [5, 5.41) is 0.681. The van der Waals surface area contributed by atoms with Crippen LogP contribution in [0.1, 0.15) is 58.4 Å². The SMILES string of the molecule is Cc1cc(OC[C@]2(CC(=O)N3CCCCC3)CN(C(=O)CC(C)(C)C)CCO2)ccc1Cl. The molecule has 2 fully saturated rings. The van der Waals surface area contributed by atoms with E-state index in [9.17, 15) is 9.59 Å². The van der Waals surface area contributed by atoms with Gasteiger partial charge in [0.1, 0.15) is 18.0 Å². The third kappa shape index (κ3) is 6.85. The topological polar surface area (TPSA) is 59.1 Å². The van der Waals surface area contributed by atoms with E-state index < -0.39 is 5.60 Å². The minimum absolute atomic E-state index is 0.0747. The maximum atomic E-state index is 13.2. The summed E-state index contributed by atoms with van der Waals surface area (Å²) in [6.45, 7) is 11.2. The molecule has 0 unspecified atom stereocenters. The summed E-state index contributed by atoms with van der Waals surface area (Å²) in [6.07, 6.45) is 3.91. The van der Waals surface area contributed by atoms with Gasteiger partial charge in [0.25, 0.3) is 0 Å². The van der Waals surface area contributed by atoms with Gasteiger partial charge in [-0.1, -0.05) is 32.4 Å². The van der Waals surface area contributed by atoms with Gasteiger partial charge in [-0.15, -0.1) is 0 Å². The molecular formula is C25H37ClN2O4. The number of carbonyl (C=O) groups excluding carboxylic acids is 2. The van der Waals surface area contributed by atoms with Gasteiger partial charge in [-0.05, 0) is 55.4 Å². The van der Waals surface area contributed by atoms with Crippen LogP contribution in [0, 0.1) is 12.3 Å². The van der Waals surface area contributed by atoms with Crippen molar-refractivity contribution in [3.05, 3.63) is 28.8 Å². The number of amides is 2. The summed E-state index contributed by atoms with van der Waals surface area (Å²) < 4.78 is 12.3. The highest BCUT2D eigenvalue weighted by atomic mass is 35.5. The first-order valence-corrected chi connectivity index (χ1v) is 12.0. The van der Waals surface area contributed by atoms with Crippen molar-refractivity contribution in [3.8, 4) is 5.75 Å². The highest BCUT2D eigenvalue weighted by Crippen LogP contribution is 2.29. The number of piperidine rings is 1. The number of nitrogens with zero attached hydrogens (tertiary/aromatic N) is 2. The van der Waals surface area contributed by atoms with Crippen LogP contribution in [0.3, 0.4) is 0 Å². The predicted octanol–water partition coefficient (Wildman–Crippen LogP) is 4.46. The Labute approximate surface area is 197 Å². The minimum Gasteiger partial charge on any atom is -0.490 e. The number of hydrogen-bond donors (Lipinski definition) is 0. The molecule has 1 aromatic carbocycles. The van der Waals surface area contributed by atoms with E-state index in [1.165, 1.54) is 6.42 Å². The number of benzene rings is 1. The second kappa shape index (κ2) is 10.4. The average Bonchev–Trinajstić information content (AvgIpc) is 2.74. The number of aryl methyl sites for hydroxylation is 1. The lowest BCUT2D eigenvalue weighted by atomic mass is 9.90. The molecule has 32 heavy (non-hydrogen) atoms. The minimum atomic E-state index is -0.867. The van der Waals surface area contributed by atoms with Crippen molar-refractivity contribution < 1.29 is 19.1 Å². The van der Waals surface area contributed by atoms with Crippen molar-refractivity contribution in [2.45, 2.75) is 65.4 Å². The van der Waals surface area contributed by atoms with Gasteiger partial charge < -0.3 is 19.3 Å². The number of halogens is 1. The summed E-state index contributed by atoms with van der Waals surface area (Å²) in [7, 11) is 0. The Kier molecular flexibility index (Phi) is 8.10. The molecule has 0 aromatic heterocycles. The van der Waals surface area contributed by atoms with Crippen LogP contribution in [0.2, 0.25) is 5.02 Å². The first-order chi connectivity index (χ1) is 15.1. The smallest absolute Gasteiger partial charge is 0.225 e. The summed E-state index contributed by atoms with van der Waals surface area (Å²) >= 11 is 6.14. The zero-order chi connectivity index (χ0) is 23.4. The standard InChI is InChI=1S/C25H37ClN2O4/c1-19-14-20(8-9-21(19)26)31-18-25(16-23(30)27-10-6-5-7-11-27)17-28(12-13-32-25)22(29)15-24(2,3)4/h8-9,14H,5-7,10-13,15-18H2,1-4H3/t25-/m0/s1. The molecule has 2 aliphatic rings. The van der Waals surface area contributed by atoms with Gasteiger partial charge in [0, 0.05) is 31.1 Å². The molecule has 2 heterocycles. The van der Waals surface area contributed by atoms with E-state index in [0.29, 0.717) is 36.9 Å². The van der Waals surface area contributed by atoms with E-state index in [4.69, 9.17) is 21.1 Å². The van der Waals surface area contributed by atoms with Crippen molar-refractivity contribution in [2.24, 2.45) is 5.41 Å². The summed E-state index contributed by atoms with van der Waals surface area (Å²) in [4.78, 5) is 29.9. The molecule has 7 heteroatoms. The largest absolute Gasteiger partial charge is 0.490 e.